The number of hydrogen-bond acceptors (Lipinski definition) is 5. The van der Waals surface area contributed by atoms with Gasteiger partial charge in [-0.05, 0) is 31.5 Å². The van der Waals surface area contributed by atoms with E-state index in [1.54, 1.807) is 12.1 Å². The second kappa shape index (κ2) is 6.17. The first-order valence-corrected chi connectivity index (χ1v) is 6.43. The Balaban J connectivity index is 2.38. The Kier molecular flexibility index (Phi) is 4.32. The predicted octanol–water partition coefficient (Wildman–Crippen LogP) is 3.61. The van der Waals surface area contributed by atoms with Crippen LogP contribution in [0.25, 0.3) is 0 Å². The van der Waals surface area contributed by atoms with Gasteiger partial charge in [0, 0.05) is 6.54 Å². The van der Waals surface area contributed by atoms with Crippen LogP contribution in [0.15, 0.2) is 30.3 Å². The zero-order valence-electron chi connectivity index (χ0n) is 11.7. The Morgan fingerprint density at radius 2 is 2.00 bits per heavy atom. The second-order valence-electron chi connectivity index (χ2n) is 4.49. The van der Waals surface area contributed by atoms with Gasteiger partial charge < -0.3 is 10.6 Å². The lowest BCUT2D eigenvalue weighted by Crippen LogP contribution is -2.04. The predicted molar refractivity (Wildman–Crippen MR) is 79.5 cm³/mol. The fourth-order valence-corrected chi connectivity index (χ4v) is 1.83. The molecule has 0 spiro atoms. The molecule has 0 bridgehead atoms. The summed E-state index contributed by atoms with van der Waals surface area (Å²) >= 11 is 0. The molecule has 0 saturated carbocycles. The van der Waals surface area contributed by atoms with Gasteiger partial charge in [0.05, 0.1) is 22.7 Å². The first kappa shape index (κ1) is 14.7. The van der Waals surface area contributed by atoms with E-state index in [2.05, 4.69) is 15.6 Å². The molecule has 21 heavy (non-hydrogen) atoms. The van der Waals surface area contributed by atoms with E-state index in [9.17, 15) is 14.5 Å². The van der Waals surface area contributed by atoms with Crippen LogP contribution in [0.5, 0.6) is 0 Å². The van der Waals surface area contributed by atoms with Crippen molar-refractivity contribution < 1.29 is 9.31 Å². The van der Waals surface area contributed by atoms with Gasteiger partial charge in [-0.1, -0.05) is 6.07 Å². The summed E-state index contributed by atoms with van der Waals surface area (Å²) in [6, 6.07) is 7.19. The summed E-state index contributed by atoms with van der Waals surface area (Å²) in [6.45, 7) is 4.26. The maximum atomic E-state index is 13.7. The number of pyridine rings is 1. The van der Waals surface area contributed by atoms with Crippen LogP contribution in [-0.4, -0.2) is 16.5 Å². The topological polar surface area (TPSA) is 80.1 Å². The Morgan fingerprint density at radius 1 is 1.29 bits per heavy atom. The van der Waals surface area contributed by atoms with E-state index in [4.69, 9.17) is 0 Å². The zero-order valence-corrected chi connectivity index (χ0v) is 11.7. The third-order valence-electron chi connectivity index (χ3n) is 2.76. The van der Waals surface area contributed by atoms with Crippen molar-refractivity contribution in [1.29, 1.82) is 0 Å². The molecular weight excluding hydrogens is 275 g/mol. The summed E-state index contributed by atoms with van der Waals surface area (Å²) < 4.78 is 13.7. The standard InChI is InChI=1S/C14H15FN4O2/c1-3-16-13-7-10(19(20)21)8-14(18-13)17-12-6-9(2)4-5-11(12)15/h4-8H,3H2,1-2H3,(H2,16,17,18). The van der Waals surface area contributed by atoms with Crippen molar-refractivity contribution in [2.45, 2.75) is 13.8 Å². The number of benzene rings is 1. The molecule has 2 N–H and O–H groups in total. The van der Waals surface area contributed by atoms with Crippen LogP contribution in [0.3, 0.4) is 0 Å². The molecule has 7 heteroatoms. The highest BCUT2D eigenvalue weighted by atomic mass is 19.1. The van der Waals surface area contributed by atoms with E-state index in [-0.39, 0.29) is 17.2 Å². The zero-order chi connectivity index (χ0) is 15.4. The van der Waals surface area contributed by atoms with Gasteiger partial charge in [0.1, 0.15) is 17.5 Å². The highest BCUT2D eigenvalue weighted by Gasteiger charge is 2.12. The monoisotopic (exact) mass is 290 g/mol. The van der Waals surface area contributed by atoms with Gasteiger partial charge in [0.25, 0.3) is 5.69 Å². The van der Waals surface area contributed by atoms with Gasteiger partial charge in [-0.25, -0.2) is 9.37 Å². The molecule has 1 aromatic carbocycles. The molecule has 0 unspecified atom stereocenters. The van der Waals surface area contributed by atoms with Crippen LogP contribution in [0, 0.1) is 22.9 Å². The molecule has 0 aliphatic carbocycles. The van der Waals surface area contributed by atoms with Gasteiger partial charge in [-0.15, -0.1) is 0 Å². The number of hydrogen-bond donors (Lipinski definition) is 2. The number of nitrogens with zero attached hydrogens (tertiary/aromatic N) is 2. The molecule has 6 nitrogen and oxygen atoms in total. The van der Waals surface area contributed by atoms with Gasteiger partial charge in [-0.3, -0.25) is 10.1 Å². The summed E-state index contributed by atoms with van der Waals surface area (Å²) in [5.41, 5.74) is 0.984. The molecule has 0 saturated heterocycles. The number of anilines is 3. The van der Waals surface area contributed by atoms with Crippen LogP contribution in [0.4, 0.5) is 27.4 Å². The summed E-state index contributed by atoms with van der Waals surface area (Å²) in [5.74, 6) is 0.130. The van der Waals surface area contributed by atoms with Crippen molar-refractivity contribution in [3.05, 3.63) is 51.8 Å². The van der Waals surface area contributed by atoms with Gasteiger partial charge in [-0.2, -0.15) is 0 Å². The quantitative estimate of drug-likeness (QED) is 0.649. The maximum Gasteiger partial charge on any atom is 0.276 e. The van der Waals surface area contributed by atoms with Crippen molar-refractivity contribution in [2.75, 3.05) is 17.2 Å². The number of nitrogens with one attached hydrogen (secondary N) is 2. The third kappa shape index (κ3) is 3.65. The molecule has 0 atom stereocenters. The molecule has 0 fully saturated rings. The molecule has 0 aliphatic heterocycles. The molecular formula is C14H15FN4O2. The number of nitro groups is 1. The van der Waals surface area contributed by atoms with Crippen LogP contribution >= 0.6 is 0 Å². The number of halogens is 1. The molecule has 1 aromatic heterocycles. The smallest absolute Gasteiger partial charge is 0.276 e. The van der Waals surface area contributed by atoms with Crippen molar-refractivity contribution in [3.8, 4) is 0 Å². The average molecular weight is 290 g/mol. The average Bonchev–Trinajstić information content (AvgIpc) is 2.43. The minimum atomic E-state index is -0.514. The van der Waals surface area contributed by atoms with Crippen molar-refractivity contribution >= 4 is 23.0 Å². The van der Waals surface area contributed by atoms with Crippen LogP contribution < -0.4 is 10.6 Å². The fourth-order valence-electron chi connectivity index (χ4n) is 1.83. The first-order chi connectivity index (χ1) is 9.99. The molecule has 2 aromatic rings. The Labute approximate surface area is 121 Å². The number of aromatic nitrogens is 1. The van der Waals surface area contributed by atoms with Crippen molar-refractivity contribution in [3.63, 3.8) is 0 Å². The summed E-state index contributed by atoms with van der Waals surface area (Å²) in [7, 11) is 0. The lowest BCUT2D eigenvalue weighted by molar-refractivity contribution is -0.384. The molecule has 2 rings (SSSR count). The van der Waals surface area contributed by atoms with Gasteiger partial charge >= 0.3 is 0 Å². The van der Waals surface area contributed by atoms with Gasteiger partial charge in [0.2, 0.25) is 0 Å². The molecule has 0 amide bonds. The van der Waals surface area contributed by atoms with Crippen molar-refractivity contribution in [1.82, 2.24) is 4.98 Å². The van der Waals surface area contributed by atoms with Crippen LogP contribution in [0.1, 0.15) is 12.5 Å². The maximum absolute atomic E-state index is 13.7. The Bertz CT molecular complexity index is 676. The van der Waals surface area contributed by atoms with Crippen molar-refractivity contribution in [2.24, 2.45) is 0 Å². The second-order valence-corrected chi connectivity index (χ2v) is 4.49. The Hall–Kier alpha value is -2.70. The highest BCUT2D eigenvalue weighted by molar-refractivity contribution is 5.63. The van der Waals surface area contributed by atoms with E-state index in [0.717, 1.165) is 5.56 Å². The van der Waals surface area contributed by atoms with Crippen LogP contribution in [-0.2, 0) is 0 Å². The molecule has 0 aliphatic rings. The molecule has 0 radical (unpaired) electrons. The minimum absolute atomic E-state index is 0.114. The van der Waals surface area contributed by atoms with Gasteiger partial charge in [0.15, 0.2) is 0 Å². The fraction of sp³-hybridized carbons (Fsp3) is 0.214. The lowest BCUT2D eigenvalue weighted by Gasteiger charge is -2.10. The third-order valence-corrected chi connectivity index (χ3v) is 2.76. The van der Waals surface area contributed by atoms with Crippen LogP contribution in [0.2, 0.25) is 0 Å². The minimum Gasteiger partial charge on any atom is -0.370 e. The largest absolute Gasteiger partial charge is 0.370 e. The first-order valence-electron chi connectivity index (χ1n) is 6.43. The summed E-state index contributed by atoms with van der Waals surface area (Å²) in [4.78, 5) is 14.6. The molecule has 1 heterocycles. The normalized spacial score (nSPS) is 10.2. The van der Waals surface area contributed by atoms with E-state index in [1.165, 1.54) is 18.2 Å². The van der Waals surface area contributed by atoms with E-state index < -0.39 is 10.7 Å². The lowest BCUT2D eigenvalue weighted by atomic mass is 10.2. The summed E-state index contributed by atoms with van der Waals surface area (Å²) in [5, 5.41) is 16.6. The molecule has 110 valence electrons. The van der Waals surface area contributed by atoms with E-state index >= 15 is 0 Å². The van der Waals surface area contributed by atoms with E-state index in [0.29, 0.717) is 12.4 Å². The summed E-state index contributed by atoms with van der Waals surface area (Å²) in [6.07, 6.45) is 0. The highest BCUT2D eigenvalue weighted by Crippen LogP contribution is 2.25. The number of rotatable bonds is 5. The Morgan fingerprint density at radius 3 is 2.67 bits per heavy atom. The van der Waals surface area contributed by atoms with E-state index in [1.807, 2.05) is 13.8 Å². The number of aryl methyl sites for hydroxylation is 1. The SMILES string of the molecule is CCNc1cc([N+](=O)[O-])cc(Nc2cc(C)ccc2F)n1.